The summed E-state index contributed by atoms with van der Waals surface area (Å²) in [7, 11) is 0. The molecule has 2 saturated heterocycles. The number of aliphatic hydroxyl groups excluding tert-OH is 9. The van der Waals surface area contributed by atoms with Crippen molar-refractivity contribution >= 4 is 11.9 Å². The predicted octanol–water partition coefficient (Wildman–Crippen LogP) is 0.712. The lowest BCUT2D eigenvalue weighted by atomic mass is 9.82. The first-order valence-electron chi connectivity index (χ1n) is 22.3. The lowest BCUT2D eigenvalue weighted by Gasteiger charge is -2.45. The molecule has 0 aromatic heterocycles. The van der Waals surface area contributed by atoms with E-state index in [9.17, 15) is 65.8 Å². The molecule has 0 aliphatic carbocycles. The molecule has 3 rings (SSSR count). The fourth-order valence-electron chi connectivity index (χ4n) is 7.97. The molecular formula is C47H73NO17. The van der Waals surface area contributed by atoms with Crippen molar-refractivity contribution in [3.05, 3.63) is 85.1 Å². The van der Waals surface area contributed by atoms with Gasteiger partial charge in [-0.1, -0.05) is 98.9 Å². The molecule has 3 aliphatic heterocycles. The summed E-state index contributed by atoms with van der Waals surface area (Å²) in [5.41, 5.74) is 6.02. The molecule has 0 saturated carbocycles. The molecule has 0 aromatic rings. The normalized spacial score (nSPS) is 45.5. The maximum Gasteiger partial charge on any atom is 0.311 e. The van der Waals surface area contributed by atoms with Gasteiger partial charge >= 0.3 is 11.9 Å². The van der Waals surface area contributed by atoms with E-state index in [0.29, 0.717) is 0 Å². The Morgan fingerprint density at radius 1 is 0.662 bits per heavy atom. The number of aliphatic carboxylic acids is 1. The highest BCUT2D eigenvalue weighted by Crippen LogP contribution is 2.38. The van der Waals surface area contributed by atoms with Crippen LogP contribution in [0.2, 0.25) is 0 Å². The molecule has 65 heavy (non-hydrogen) atoms. The number of carboxylic acid groups (broad SMARTS) is 1. The largest absolute Gasteiger partial charge is 0.481 e. The van der Waals surface area contributed by atoms with E-state index in [1.807, 2.05) is 19.1 Å². The van der Waals surface area contributed by atoms with E-state index in [2.05, 4.69) is 0 Å². The molecule has 3 aliphatic rings. The van der Waals surface area contributed by atoms with Gasteiger partial charge in [-0.2, -0.15) is 0 Å². The molecule has 12 unspecified atom stereocenters. The summed E-state index contributed by atoms with van der Waals surface area (Å²) in [6.07, 6.45) is 3.46. The number of fused-ring (bicyclic) bond motifs is 2. The Hall–Kier alpha value is -3.44. The number of allylic oxidation sites excluding steroid dienone is 12. The second kappa shape index (κ2) is 27.4. The van der Waals surface area contributed by atoms with Crippen LogP contribution in [0.4, 0.5) is 0 Å². The zero-order valence-corrected chi connectivity index (χ0v) is 37.6. The average Bonchev–Trinajstić information content (AvgIpc) is 3.21. The van der Waals surface area contributed by atoms with Gasteiger partial charge in [0.25, 0.3) is 0 Å². The van der Waals surface area contributed by atoms with E-state index in [0.717, 1.165) is 0 Å². The monoisotopic (exact) mass is 923 g/mol. The van der Waals surface area contributed by atoms with E-state index in [1.165, 1.54) is 13.0 Å². The standard InChI is InChI=1S/C47H73NO17/c1-27-17-15-13-11-9-7-5-6-8-10-12-14-16-18-34(64-46-44(58)41(48)43(57)30(4)63-46)24-38-40(45(59)60)37(54)26-47(61,65-38)25-33(51)22-36(53)35(52)20-19-31(49)21-32(50)23-39(55)62-29(3)28(2)42(27)56/h5-18,27-38,40-44,46,49-54,56-58,61H,19-26,48H2,1-4H3,(H,59,60)/b6-5+,9-7+,10-8+,13-11+,14-12+,17-15+,18-16+/t27-,28-,29-,30?,31?,32?,33?,34?,35?,36?,37-,38?,40?,41-,42?,43?,44-,46-,47?/m0/s1. The molecule has 368 valence electrons. The van der Waals surface area contributed by atoms with Crippen molar-refractivity contribution in [2.24, 2.45) is 23.5 Å². The molecule has 13 N–H and O–H groups in total. The van der Waals surface area contributed by atoms with Crippen LogP contribution in [0.5, 0.6) is 0 Å². The quantitative estimate of drug-likeness (QED) is 0.174. The highest BCUT2D eigenvalue weighted by Gasteiger charge is 2.51. The van der Waals surface area contributed by atoms with E-state index < -0.39 is 147 Å². The van der Waals surface area contributed by atoms with E-state index >= 15 is 0 Å². The van der Waals surface area contributed by atoms with Crippen LogP contribution < -0.4 is 5.73 Å². The molecule has 0 spiro atoms. The number of nitrogens with two attached hydrogens (primary N) is 1. The van der Waals surface area contributed by atoms with Crippen LogP contribution in [-0.4, -0.2) is 166 Å². The van der Waals surface area contributed by atoms with Gasteiger partial charge in [0.2, 0.25) is 0 Å². The van der Waals surface area contributed by atoms with Crippen LogP contribution in [0.3, 0.4) is 0 Å². The van der Waals surface area contributed by atoms with Crippen molar-refractivity contribution in [2.45, 2.75) is 177 Å². The van der Waals surface area contributed by atoms with Gasteiger partial charge in [-0.05, 0) is 33.1 Å². The molecule has 3 heterocycles. The summed E-state index contributed by atoms with van der Waals surface area (Å²) in [5.74, 6) is -6.83. The Balaban J connectivity index is 1.86. The van der Waals surface area contributed by atoms with Crippen LogP contribution in [0.1, 0.15) is 79.1 Å². The highest BCUT2D eigenvalue weighted by molar-refractivity contribution is 5.71. The van der Waals surface area contributed by atoms with Gasteiger partial charge in [0.15, 0.2) is 12.1 Å². The van der Waals surface area contributed by atoms with Gasteiger partial charge in [-0.25, -0.2) is 0 Å². The first-order chi connectivity index (χ1) is 30.6. The number of rotatable bonds is 3. The second-order valence-corrected chi connectivity index (χ2v) is 17.6. The Labute approximate surface area is 381 Å². The Morgan fingerprint density at radius 2 is 1.23 bits per heavy atom. The lowest BCUT2D eigenvalue weighted by molar-refractivity contribution is -0.308. The number of esters is 1. The van der Waals surface area contributed by atoms with Crippen LogP contribution in [0.15, 0.2) is 85.1 Å². The van der Waals surface area contributed by atoms with Gasteiger partial charge in [0.1, 0.15) is 18.1 Å². The first-order valence-corrected chi connectivity index (χ1v) is 22.3. The molecule has 19 atom stereocenters. The van der Waals surface area contributed by atoms with Crippen molar-refractivity contribution in [3.63, 3.8) is 0 Å². The van der Waals surface area contributed by atoms with Crippen molar-refractivity contribution < 1.29 is 84.7 Å². The van der Waals surface area contributed by atoms with Crippen molar-refractivity contribution in [2.75, 3.05) is 0 Å². The minimum Gasteiger partial charge on any atom is -0.481 e. The van der Waals surface area contributed by atoms with E-state index in [4.69, 9.17) is 24.7 Å². The summed E-state index contributed by atoms with van der Waals surface area (Å²) in [6, 6.07) is -1.15. The fourth-order valence-corrected chi connectivity index (χ4v) is 7.97. The maximum absolute atomic E-state index is 12.6. The van der Waals surface area contributed by atoms with Crippen LogP contribution in [0.25, 0.3) is 0 Å². The number of hydrogen-bond donors (Lipinski definition) is 12. The van der Waals surface area contributed by atoms with Crippen molar-refractivity contribution in [1.82, 2.24) is 0 Å². The Morgan fingerprint density at radius 3 is 1.82 bits per heavy atom. The molecule has 18 nitrogen and oxygen atoms in total. The average molecular weight is 924 g/mol. The number of ether oxygens (including phenoxy) is 4. The summed E-state index contributed by atoms with van der Waals surface area (Å²) < 4.78 is 23.1. The SMILES string of the molecule is CC1O[C@@H](OC2/C=C/C=C/C=C/C=C/C=C/C=C/C=C/[C@H](C)C(O)[C@@H](C)[C@H](C)OC(=O)CC(O)CC(O)CCC(O)C(O)CC(O)CC3(O)C[C@H](O)C(C(=O)O)C(C2)O3)[C@@H](O)[C@@H](N)C1O. The minimum absolute atomic E-state index is 0.107. The van der Waals surface area contributed by atoms with Crippen LogP contribution in [0, 0.1) is 17.8 Å². The number of cyclic esters (lactones) is 1. The third-order valence-electron chi connectivity index (χ3n) is 12.0. The summed E-state index contributed by atoms with van der Waals surface area (Å²) in [5, 5.41) is 118. The smallest absolute Gasteiger partial charge is 0.311 e. The number of aliphatic hydroxyl groups is 10. The van der Waals surface area contributed by atoms with Gasteiger partial charge < -0.3 is 80.9 Å². The third kappa shape index (κ3) is 18.6. The zero-order valence-electron chi connectivity index (χ0n) is 37.6. The molecule has 0 aromatic carbocycles. The summed E-state index contributed by atoms with van der Waals surface area (Å²) in [4.78, 5) is 25.1. The topological polar surface area (TPSA) is 320 Å². The number of carboxylic acids is 1. The predicted molar refractivity (Wildman–Crippen MR) is 237 cm³/mol. The molecule has 0 radical (unpaired) electrons. The molecule has 2 fully saturated rings. The number of hydrogen-bond acceptors (Lipinski definition) is 17. The van der Waals surface area contributed by atoms with E-state index in [1.54, 1.807) is 80.7 Å². The second-order valence-electron chi connectivity index (χ2n) is 17.6. The maximum atomic E-state index is 12.6. The highest BCUT2D eigenvalue weighted by atomic mass is 16.7. The Kier molecular flexibility index (Phi) is 23.6. The number of carbonyl (C=O) groups is 2. The van der Waals surface area contributed by atoms with Gasteiger partial charge in [0, 0.05) is 37.5 Å². The molecular weight excluding hydrogens is 851 g/mol. The zero-order chi connectivity index (χ0) is 48.4. The van der Waals surface area contributed by atoms with Gasteiger partial charge in [-0.15, -0.1) is 0 Å². The fraction of sp³-hybridized carbons (Fsp3) is 0.660. The minimum atomic E-state index is -2.33. The summed E-state index contributed by atoms with van der Waals surface area (Å²) in [6.45, 7) is 6.74. The van der Waals surface area contributed by atoms with Crippen molar-refractivity contribution in [3.8, 4) is 0 Å². The summed E-state index contributed by atoms with van der Waals surface area (Å²) >= 11 is 0. The lowest BCUT2D eigenvalue weighted by Crippen LogP contribution is -2.61. The van der Waals surface area contributed by atoms with Crippen LogP contribution >= 0.6 is 0 Å². The van der Waals surface area contributed by atoms with Gasteiger partial charge in [0.05, 0.1) is 79.6 Å². The first kappa shape index (κ1) is 55.9. The molecule has 2 bridgehead atoms. The third-order valence-corrected chi connectivity index (χ3v) is 12.0. The Bertz CT molecular complexity index is 1670. The van der Waals surface area contributed by atoms with Gasteiger partial charge in [-0.3, -0.25) is 9.59 Å². The molecule has 18 heteroatoms. The molecule has 0 amide bonds. The van der Waals surface area contributed by atoms with Crippen LogP contribution in [-0.2, 0) is 28.5 Å². The van der Waals surface area contributed by atoms with E-state index in [-0.39, 0.29) is 31.6 Å². The number of carbonyl (C=O) groups excluding carboxylic acids is 1. The van der Waals surface area contributed by atoms with Crippen molar-refractivity contribution in [1.29, 1.82) is 0 Å².